The van der Waals surface area contributed by atoms with E-state index in [0.29, 0.717) is 26.1 Å². The van der Waals surface area contributed by atoms with Crippen LogP contribution in [0.2, 0.25) is 0 Å². The minimum atomic E-state index is -0.745. The van der Waals surface area contributed by atoms with E-state index in [4.69, 9.17) is 0 Å². The van der Waals surface area contributed by atoms with Crippen molar-refractivity contribution >= 4 is 23.6 Å². The molecule has 8 heteroatoms. The van der Waals surface area contributed by atoms with Gasteiger partial charge in [0.15, 0.2) is 0 Å². The third kappa shape index (κ3) is 3.55. The Hall–Kier alpha value is -2.12. The maximum absolute atomic E-state index is 12.5. The van der Waals surface area contributed by atoms with Crippen molar-refractivity contribution in [2.75, 3.05) is 26.2 Å². The van der Waals surface area contributed by atoms with Crippen LogP contribution >= 0.6 is 0 Å². The van der Waals surface area contributed by atoms with Crippen LogP contribution in [0.4, 0.5) is 0 Å². The quantitative estimate of drug-likeness (QED) is 0.646. The highest BCUT2D eigenvalue weighted by atomic mass is 16.2. The van der Waals surface area contributed by atoms with E-state index >= 15 is 0 Å². The summed E-state index contributed by atoms with van der Waals surface area (Å²) < 4.78 is 0. The lowest BCUT2D eigenvalue weighted by atomic mass is 10.1. The Balaban J connectivity index is 2.06. The average Bonchev–Trinajstić information content (AvgIpc) is 2.48. The van der Waals surface area contributed by atoms with Crippen molar-refractivity contribution in [1.82, 2.24) is 20.4 Å². The van der Waals surface area contributed by atoms with Gasteiger partial charge in [0.05, 0.1) is 6.54 Å². The topological polar surface area (TPSA) is 98.8 Å². The van der Waals surface area contributed by atoms with Crippen molar-refractivity contribution < 1.29 is 19.2 Å². The highest BCUT2D eigenvalue weighted by molar-refractivity contribution is 5.92. The van der Waals surface area contributed by atoms with Crippen molar-refractivity contribution in [2.45, 2.75) is 38.8 Å². The minimum absolute atomic E-state index is 0.128. The second kappa shape index (κ2) is 6.76. The third-order valence-corrected chi connectivity index (χ3v) is 4.13. The minimum Gasteiger partial charge on any atom is -0.354 e. The number of piperidine rings is 1. The molecule has 0 unspecified atom stereocenters. The molecule has 0 aliphatic carbocycles. The van der Waals surface area contributed by atoms with Crippen LogP contribution in [0.3, 0.4) is 0 Å². The Labute approximate surface area is 129 Å². The molecule has 0 radical (unpaired) electrons. The maximum atomic E-state index is 12.5. The Morgan fingerprint density at radius 3 is 2.50 bits per heavy atom. The van der Waals surface area contributed by atoms with E-state index < -0.39 is 12.1 Å². The normalized spacial score (nSPS) is 25.5. The van der Waals surface area contributed by atoms with Gasteiger partial charge < -0.3 is 20.4 Å². The molecule has 0 spiro atoms. The summed E-state index contributed by atoms with van der Waals surface area (Å²) in [7, 11) is 0. The summed E-state index contributed by atoms with van der Waals surface area (Å²) in [5.41, 5.74) is 0. The number of carbonyl (C=O) groups is 4. The fourth-order valence-electron chi connectivity index (χ4n) is 2.85. The van der Waals surface area contributed by atoms with Crippen LogP contribution in [0, 0.1) is 0 Å². The van der Waals surface area contributed by atoms with Gasteiger partial charge >= 0.3 is 0 Å². The zero-order chi connectivity index (χ0) is 16.3. The van der Waals surface area contributed by atoms with E-state index in [0.717, 1.165) is 6.42 Å². The molecular formula is C14H22N4O4. The van der Waals surface area contributed by atoms with E-state index in [1.807, 2.05) is 0 Å². The first-order valence-electron chi connectivity index (χ1n) is 7.51. The van der Waals surface area contributed by atoms with Gasteiger partial charge in [-0.2, -0.15) is 0 Å². The van der Waals surface area contributed by atoms with E-state index in [1.54, 1.807) is 4.90 Å². The fourth-order valence-corrected chi connectivity index (χ4v) is 2.85. The first-order valence-corrected chi connectivity index (χ1v) is 7.51. The molecule has 2 rings (SSSR count). The van der Waals surface area contributed by atoms with Crippen LogP contribution < -0.4 is 10.6 Å². The predicted octanol–water partition coefficient (Wildman–Crippen LogP) is -1.54. The molecule has 2 aliphatic heterocycles. The molecule has 0 aromatic rings. The Bertz CT molecular complexity index is 493. The fraction of sp³-hybridized carbons (Fsp3) is 0.714. The van der Waals surface area contributed by atoms with Crippen LogP contribution in [-0.4, -0.2) is 71.7 Å². The van der Waals surface area contributed by atoms with Crippen molar-refractivity contribution in [3.8, 4) is 0 Å². The lowest BCUT2D eigenvalue weighted by molar-refractivity contribution is -0.147. The van der Waals surface area contributed by atoms with Crippen molar-refractivity contribution in [2.24, 2.45) is 0 Å². The van der Waals surface area contributed by atoms with Crippen LogP contribution in [0.1, 0.15) is 26.7 Å². The van der Waals surface area contributed by atoms with E-state index in [2.05, 4.69) is 10.6 Å². The van der Waals surface area contributed by atoms with Gasteiger partial charge in [-0.1, -0.05) is 0 Å². The summed E-state index contributed by atoms with van der Waals surface area (Å²) in [6.07, 6.45) is 1.39. The average molecular weight is 310 g/mol. The van der Waals surface area contributed by atoms with Crippen LogP contribution in [0.25, 0.3) is 0 Å². The molecule has 0 bridgehead atoms. The zero-order valence-electron chi connectivity index (χ0n) is 12.9. The number of hydrogen-bond donors (Lipinski definition) is 2. The molecule has 2 N–H and O–H groups in total. The predicted molar refractivity (Wildman–Crippen MR) is 77.6 cm³/mol. The monoisotopic (exact) mass is 310 g/mol. The van der Waals surface area contributed by atoms with Gasteiger partial charge in [0.25, 0.3) is 0 Å². The number of nitrogens with zero attached hydrogens (tertiary/aromatic N) is 2. The zero-order valence-corrected chi connectivity index (χ0v) is 12.9. The number of nitrogens with one attached hydrogen (secondary N) is 2. The molecule has 0 saturated carbocycles. The van der Waals surface area contributed by atoms with Crippen LogP contribution in [0.15, 0.2) is 0 Å². The number of amides is 4. The highest BCUT2D eigenvalue weighted by Gasteiger charge is 2.36. The first kappa shape index (κ1) is 16.3. The van der Waals surface area contributed by atoms with E-state index in [1.165, 1.54) is 18.7 Å². The molecule has 2 fully saturated rings. The molecular weight excluding hydrogens is 288 g/mol. The van der Waals surface area contributed by atoms with Crippen molar-refractivity contribution in [3.63, 3.8) is 0 Å². The number of carbonyl (C=O) groups excluding carboxylic acids is 4. The Morgan fingerprint density at radius 1 is 1.18 bits per heavy atom. The van der Waals surface area contributed by atoms with Gasteiger partial charge in [0, 0.05) is 33.5 Å². The molecule has 2 atom stereocenters. The third-order valence-electron chi connectivity index (χ3n) is 4.13. The van der Waals surface area contributed by atoms with Crippen molar-refractivity contribution in [3.05, 3.63) is 0 Å². The summed E-state index contributed by atoms with van der Waals surface area (Å²) in [5, 5.41) is 5.40. The van der Waals surface area contributed by atoms with Crippen LogP contribution in [-0.2, 0) is 19.2 Å². The van der Waals surface area contributed by atoms with Gasteiger partial charge in [0.1, 0.15) is 12.1 Å². The summed E-state index contributed by atoms with van der Waals surface area (Å²) in [5.74, 6) is -0.927. The molecule has 22 heavy (non-hydrogen) atoms. The smallest absolute Gasteiger partial charge is 0.245 e. The molecule has 122 valence electrons. The Morgan fingerprint density at radius 2 is 1.91 bits per heavy atom. The summed E-state index contributed by atoms with van der Waals surface area (Å²) >= 11 is 0. The van der Waals surface area contributed by atoms with E-state index in [9.17, 15) is 19.2 Å². The molecule has 0 aromatic heterocycles. The van der Waals surface area contributed by atoms with Gasteiger partial charge in [-0.15, -0.1) is 0 Å². The van der Waals surface area contributed by atoms with Gasteiger partial charge in [-0.25, -0.2) is 0 Å². The lowest BCUT2D eigenvalue weighted by Crippen LogP contribution is -2.63. The van der Waals surface area contributed by atoms with Gasteiger partial charge in [-0.3, -0.25) is 19.2 Å². The molecule has 2 heterocycles. The standard InChI is InChI=1S/C14H22N4O4/c1-9(19)17-6-7-18(10(2)20)12(8-17)14(22)16-11-4-3-5-15-13(11)21/h11-12H,3-8H2,1-2H3,(H,15,21)(H,16,22)/t11-,12-/m0/s1. The summed E-state index contributed by atoms with van der Waals surface area (Å²) in [6, 6.07) is -1.31. The lowest BCUT2D eigenvalue weighted by Gasteiger charge is -2.40. The Kier molecular flexibility index (Phi) is 4.99. The van der Waals surface area contributed by atoms with Gasteiger partial charge in [0.2, 0.25) is 23.6 Å². The van der Waals surface area contributed by atoms with Crippen molar-refractivity contribution in [1.29, 1.82) is 0 Å². The SMILES string of the molecule is CC(=O)N1CCN(C(C)=O)[C@H](C(=O)N[C@H]2CCCNC2=O)C1. The number of hydrogen-bond acceptors (Lipinski definition) is 4. The van der Waals surface area contributed by atoms with Crippen LogP contribution in [0.5, 0.6) is 0 Å². The molecule has 4 amide bonds. The summed E-state index contributed by atoms with van der Waals surface area (Å²) in [4.78, 5) is 50.4. The molecule has 0 aromatic carbocycles. The number of piperazine rings is 1. The van der Waals surface area contributed by atoms with E-state index in [-0.39, 0.29) is 30.2 Å². The molecule has 2 saturated heterocycles. The molecule has 2 aliphatic rings. The second-order valence-electron chi connectivity index (χ2n) is 5.69. The number of rotatable bonds is 2. The highest BCUT2D eigenvalue weighted by Crippen LogP contribution is 2.12. The second-order valence-corrected chi connectivity index (χ2v) is 5.69. The largest absolute Gasteiger partial charge is 0.354 e. The maximum Gasteiger partial charge on any atom is 0.245 e. The first-order chi connectivity index (χ1) is 10.4. The summed E-state index contributed by atoms with van der Waals surface area (Å²) in [6.45, 7) is 4.36. The molecule has 8 nitrogen and oxygen atoms in total. The van der Waals surface area contributed by atoms with Gasteiger partial charge in [-0.05, 0) is 12.8 Å².